The number of nitrogens with zero attached hydrogens (tertiary/aromatic N) is 3. The van der Waals surface area contributed by atoms with Crippen LogP contribution in [0.4, 0.5) is 0 Å². The van der Waals surface area contributed by atoms with Gasteiger partial charge in [0.25, 0.3) is 0 Å². The van der Waals surface area contributed by atoms with E-state index < -0.39 is 5.41 Å². The predicted molar refractivity (Wildman–Crippen MR) is 89.7 cm³/mol. The highest BCUT2D eigenvalue weighted by Crippen LogP contribution is 2.54. The van der Waals surface area contributed by atoms with Crippen LogP contribution < -0.4 is 0 Å². The highest BCUT2D eigenvalue weighted by atomic mass is 35.5. The molecule has 0 bridgehead atoms. The molecule has 1 aliphatic rings. The Morgan fingerprint density at radius 1 is 1.33 bits per heavy atom. The molecule has 4 rings (SSSR count). The molecule has 1 aliphatic carbocycles. The predicted octanol–water partition coefficient (Wildman–Crippen LogP) is 3.40. The zero-order valence-electron chi connectivity index (χ0n) is 13.1. The summed E-state index contributed by atoms with van der Waals surface area (Å²) >= 11 is 6.00. The van der Waals surface area contributed by atoms with Gasteiger partial charge in [0.15, 0.2) is 0 Å². The van der Waals surface area contributed by atoms with Crippen LogP contribution >= 0.6 is 11.6 Å². The van der Waals surface area contributed by atoms with Gasteiger partial charge in [-0.25, -0.2) is 9.50 Å². The first-order chi connectivity index (χ1) is 11.6. The Balaban J connectivity index is 1.64. The van der Waals surface area contributed by atoms with Crippen LogP contribution in [0.3, 0.4) is 0 Å². The lowest BCUT2D eigenvalue weighted by molar-refractivity contribution is -0.148. The molecule has 5 nitrogen and oxygen atoms in total. The molecular formula is C18H16ClN3O2. The van der Waals surface area contributed by atoms with Crippen LogP contribution in [0, 0.1) is 5.92 Å². The molecule has 0 N–H and O–H groups in total. The SMILES string of the molecule is C[C@H]1C[C@]1(C(=O)OCc1ccccc1)c1ncc2ccc(Cl)nn12. The van der Waals surface area contributed by atoms with Crippen LogP contribution in [0.1, 0.15) is 24.7 Å². The maximum atomic E-state index is 12.8. The minimum absolute atomic E-state index is 0.159. The van der Waals surface area contributed by atoms with Crippen molar-refractivity contribution in [2.75, 3.05) is 0 Å². The van der Waals surface area contributed by atoms with Gasteiger partial charge in [0.2, 0.25) is 0 Å². The molecule has 0 aliphatic heterocycles. The number of imidazole rings is 1. The number of hydrogen-bond donors (Lipinski definition) is 0. The fraction of sp³-hybridized carbons (Fsp3) is 0.278. The summed E-state index contributed by atoms with van der Waals surface area (Å²) in [7, 11) is 0. The van der Waals surface area contributed by atoms with E-state index in [2.05, 4.69) is 10.1 Å². The molecule has 1 aromatic carbocycles. The number of rotatable bonds is 4. The van der Waals surface area contributed by atoms with Crippen molar-refractivity contribution >= 4 is 23.1 Å². The molecule has 2 heterocycles. The molecule has 1 fully saturated rings. The molecule has 24 heavy (non-hydrogen) atoms. The van der Waals surface area contributed by atoms with Crippen LogP contribution in [0.2, 0.25) is 5.15 Å². The van der Waals surface area contributed by atoms with E-state index in [1.807, 2.05) is 43.3 Å². The molecule has 3 aromatic rings. The number of carbonyl (C=O) groups is 1. The van der Waals surface area contributed by atoms with E-state index in [1.165, 1.54) is 0 Å². The first kappa shape index (κ1) is 15.1. The van der Waals surface area contributed by atoms with Gasteiger partial charge in [0.1, 0.15) is 23.0 Å². The Hall–Kier alpha value is -2.40. The molecule has 2 atom stereocenters. The largest absolute Gasteiger partial charge is 0.460 e. The molecule has 1 saturated carbocycles. The number of esters is 1. The maximum absolute atomic E-state index is 12.8. The minimum Gasteiger partial charge on any atom is -0.460 e. The van der Waals surface area contributed by atoms with Crippen molar-refractivity contribution in [3.63, 3.8) is 0 Å². The molecule has 6 heteroatoms. The monoisotopic (exact) mass is 341 g/mol. The van der Waals surface area contributed by atoms with Crippen molar-refractivity contribution in [2.45, 2.75) is 25.4 Å². The minimum atomic E-state index is -0.737. The van der Waals surface area contributed by atoms with Crippen molar-refractivity contribution in [1.29, 1.82) is 0 Å². The summed E-state index contributed by atoms with van der Waals surface area (Å²) in [5.74, 6) is 0.505. The Bertz CT molecular complexity index is 909. The molecule has 0 unspecified atom stereocenters. The molecule has 0 spiro atoms. The van der Waals surface area contributed by atoms with Gasteiger partial charge < -0.3 is 4.74 Å². The summed E-state index contributed by atoms with van der Waals surface area (Å²) in [6.07, 6.45) is 2.41. The normalized spacial score (nSPS) is 22.5. The number of ether oxygens (including phenoxy) is 1. The quantitative estimate of drug-likeness (QED) is 0.682. The van der Waals surface area contributed by atoms with Gasteiger partial charge in [-0.3, -0.25) is 4.79 Å². The third kappa shape index (κ3) is 2.36. The number of carbonyl (C=O) groups excluding carboxylic acids is 1. The van der Waals surface area contributed by atoms with Crippen LogP contribution in [-0.2, 0) is 21.6 Å². The van der Waals surface area contributed by atoms with E-state index in [1.54, 1.807) is 16.8 Å². The summed E-state index contributed by atoms with van der Waals surface area (Å²) < 4.78 is 7.22. The first-order valence-corrected chi connectivity index (χ1v) is 8.21. The summed E-state index contributed by atoms with van der Waals surface area (Å²) in [4.78, 5) is 17.2. The van der Waals surface area contributed by atoms with E-state index in [0.29, 0.717) is 17.4 Å². The van der Waals surface area contributed by atoms with Gasteiger partial charge in [-0.05, 0) is 30.0 Å². The first-order valence-electron chi connectivity index (χ1n) is 7.83. The summed E-state index contributed by atoms with van der Waals surface area (Å²) in [5.41, 5.74) is 1.03. The molecule has 2 aromatic heterocycles. The van der Waals surface area contributed by atoms with Gasteiger partial charge in [0.05, 0.1) is 11.7 Å². The van der Waals surface area contributed by atoms with Gasteiger partial charge in [-0.1, -0.05) is 48.9 Å². The van der Waals surface area contributed by atoms with Gasteiger partial charge >= 0.3 is 5.97 Å². The average molecular weight is 342 g/mol. The van der Waals surface area contributed by atoms with Crippen LogP contribution in [0.5, 0.6) is 0 Å². The zero-order chi connectivity index (χ0) is 16.7. The van der Waals surface area contributed by atoms with Crippen LogP contribution in [-0.4, -0.2) is 20.6 Å². The maximum Gasteiger partial charge on any atom is 0.320 e. The third-order valence-corrected chi connectivity index (χ3v) is 4.84. The lowest BCUT2D eigenvalue weighted by atomic mass is 10.0. The van der Waals surface area contributed by atoms with Gasteiger partial charge in [-0.15, -0.1) is 0 Å². The summed E-state index contributed by atoms with van der Waals surface area (Å²) in [6.45, 7) is 2.28. The third-order valence-electron chi connectivity index (χ3n) is 4.64. The summed E-state index contributed by atoms with van der Waals surface area (Å²) in [5, 5.41) is 4.65. The number of aromatic nitrogens is 3. The van der Waals surface area contributed by atoms with Crippen molar-refractivity contribution in [3.05, 3.63) is 65.2 Å². The topological polar surface area (TPSA) is 56.5 Å². The Labute approximate surface area is 144 Å². The van der Waals surface area contributed by atoms with E-state index >= 15 is 0 Å². The number of benzene rings is 1. The second-order valence-electron chi connectivity index (χ2n) is 6.21. The lowest BCUT2D eigenvalue weighted by Gasteiger charge is -2.15. The van der Waals surface area contributed by atoms with E-state index in [-0.39, 0.29) is 18.5 Å². The van der Waals surface area contributed by atoms with Crippen molar-refractivity contribution in [3.8, 4) is 0 Å². The van der Waals surface area contributed by atoms with Gasteiger partial charge in [0, 0.05) is 0 Å². The fourth-order valence-electron chi connectivity index (χ4n) is 3.13. The van der Waals surface area contributed by atoms with E-state index in [9.17, 15) is 4.79 Å². The van der Waals surface area contributed by atoms with Crippen LogP contribution in [0.25, 0.3) is 5.52 Å². The zero-order valence-corrected chi connectivity index (χ0v) is 13.9. The molecule has 0 radical (unpaired) electrons. The Morgan fingerprint density at radius 2 is 2.08 bits per heavy atom. The van der Waals surface area contributed by atoms with Gasteiger partial charge in [-0.2, -0.15) is 5.10 Å². The number of halogens is 1. The van der Waals surface area contributed by atoms with Crippen LogP contribution in [0.15, 0.2) is 48.7 Å². The number of hydrogen-bond acceptors (Lipinski definition) is 4. The lowest BCUT2D eigenvalue weighted by Crippen LogP contribution is -2.28. The molecule has 0 saturated heterocycles. The second-order valence-corrected chi connectivity index (χ2v) is 6.60. The van der Waals surface area contributed by atoms with Crippen molar-refractivity contribution in [1.82, 2.24) is 14.6 Å². The summed E-state index contributed by atoms with van der Waals surface area (Å²) in [6, 6.07) is 13.2. The Kier molecular flexibility index (Phi) is 3.53. The number of fused-ring (bicyclic) bond motifs is 1. The molecule has 0 amide bonds. The average Bonchev–Trinajstić information content (AvgIpc) is 3.10. The van der Waals surface area contributed by atoms with E-state index in [4.69, 9.17) is 16.3 Å². The molecule has 122 valence electrons. The standard InChI is InChI=1S/C18H16ClN3O2/c1-12-9-18(12,17(23)24-11-13-5-3-2-4-6-13)16-20-10-14-7-8-15(19)21-22(14)16/h2-8,10,12H,9,11H2,1H3/t12-,18+/m0/s1. The highest BCUT2D eigenvalue weighted by Gasteiger charge is 2.63. The molecular weight excluding hydrogens is 326 g/mol. The smallest absolute Gasteiger partial charge is 0.320 e. The van der Waals surface area contributed by atoms with E-state index in [0.717, 1.165) is 11.1 Å². The van der Waals surface area contributed by atoms with Crippen molar-refractivity contribution in [2.24, 2.45) is 5.92 Å². The van der Waals surface area contributed by atoms with Crippen molar-refractivity contribution < 1.29 is 9.53 Å². The highest BCUT2D eigenvalue weighted by molar-refractivity contribution is 6.29. The second kappa shape index (κ2) is 5.60. The fourth-order valence-corrected chi connectivity index (χ4v) is 3.27. The Morgan fingerprint density at radius 3 is 2.79 bits per heavy atom.